The molecule has 2 amide bonds. The Bertz CT molecular complexity index is 591. The van der Waals surface area contributed by atoms with Gasteiger partial charge in [-0.15, -0.1) is 9.40 Å². The Morgan fingerprint density at radius 3 is 3.00 bits per heavy atom. The lowest BCUT2D eigenvalue weighted by Crippen LogP contribution is -2.36. The molecular formula is C7H6N4O5S. The van der Waals surface area contributed by atoms with Crippen molar-refractivity contribution in [2.45, 2.75) is 6.04 Å². The Hall–Kier alpha value is -1.78. The summed E-state index contributed by atoms with van der Waals surface area (Å²) >= 11 is 0. The van der Waals surface area contributed by atoms with Crippen LogP contribution in [0.1, 0.15) is 0 Å². The number of carbonyl (C=O) groups excluding carboxylic acids is 1. The fraction of sp³-hybridized carbons (Fsp3) is 0.286. The van der Waals surface area contributed by atoms with Crippen LogP contribution in [0.25, 0.3) is 0 Å². The van der Waals surface area contributed by atoms with E-state index in [0.717, 1.165) is 0 Å². The molecule has 3 aliphatic rings. The summed E-state index contributed by atoms with van der Waals surface area (Å²) in [4.78, 5) is 12.9. The van der Waals surface area contributed by atoms with Gasteiger partial charge in [0, 0.05) is 11.8 Å². The Morgan fingerprint density at radius 2 is 2.29 bits per heavy atom. The first-order valence-corrected chi connectivity index (χ1v) is 5.92. The van der Waals surface area contributed by atoms with E-state index in [4.69, 9.17) is 4.55 Å². The normalized spacial score (nSPS) is 26.2. The average Bonchev–Trinajstić information content (AvgIpc) is 2.77. The number of fused-ring (bicyclic) bond motifs is 4. The van der Waals surface area contributed by atoms with Crippen molar-refractivity contribution in [2.75, 3.05) is 6.54 Å². The summed E-state index contributed by atoms with van der Waals surface area (Å²) in [6.45, 7) is 0.231. The van der Waals surface area contributed by atoms with E-state index in [-0.39, 0.29) is 6.54 Å². The topological polar surface area (TPSA) is 112 Å². The van der Waals surface area contributed by atoms with Crippen LogP contribution in [-0.4, -0.2) is 41.6 Å². The Kier molecular flexibility index (Phi) is 1.91. The molecule has 9 nitrogen and oxygen atoms in total. The minimum atomic E-state index is -4.74. The molecule has 1 atom stereocenters. The zero-order valence-corrected chi connectivity index (χ0v) is 9.03. The molecule has 0 saturated carbocycles. The molecule has 0 aromatic heterocycles. The van der Waals surface area contributed by atoms with Gasteiger partial charge < -0.3 is 0 Å². The molecule has 1 saturated heterocycles. The number of rotatable bonds is 2. The maximum absolute atomic E-state index is 11.7. The molecule has 17 heavy (non-hydrogen) atoms. The van der Waals surface area contributed by atoms with Gasteiger partial charge >= 0.3 is 16.4 Å². The van der Waals surface area contributed by atoms with Gasteiger partial charge in [-0.1, -0.05) is 0 Å². The van der Waals surface area contributed by atoms with Gasteiger partial charge in [0.05, 0.1) is 12.7 Å². The summed E-state index contributed by atoms with van der Waals surface area (Å²) in [5.74, 6) is 0. The second kappa shape index (κ2) is 3.12. The summed E-state index contributed by atoms with van der Waals surface area (Å²) in [6.07, 6.45) is 2.88. The monoisotopic (exact) mass is 258 g/mol. The lowest BCUT2D eigenvalue weighted by molar-refractivity contribution is -0.0203. The van der Waals surface area contributed by atoms with Crippen molar-refractivity contribution in [1.29, 1.82) is 0 Å². The van der Waals surface area contributed by atoms with Gasteiger partial charge in [-0.05, 0) is 0 Å². The Balaban J connectivity index is 1.98. The van der Waals surface area contributed by atoms with Crippen LogP contribution in [0.3, 0.4) is 0 Å². The standard InChI is InChI=1S/C7H6N4O5S/c12-7-10-2-5-4(1-8-9-5)6(3-10)11(7)16-17(13,14)15/h1-2,6H,3H2,(H,13,14,15). The highest BCUT2D eigenvalue weighted by atomic mass is 32.3. The molecule has 1 N–H and O–H groups in total. The molecule has 90 valence electrons. The highest BCUT2D eigenvalue weighted by molar-refractivity contribution is 7.80. The number of hydrogen-bond acceptors (Lipinski definition) is 6. The van der Waals surface area contributed by atoms with Crippen molar-refractivity contribution in [2.24, 2.45) is 10.2 Å². The van der Waals surface area contributed by atoms with E-state index < -0.39 is 22.5 Å². The van der Waals surface area contributed by atoms with Gasteiger partial charge in [0.25, 0.3) is 0 Å². The van der Waals surface area contributed by atoms with Crippen LogP contribution in [0.15, 0.2) is 33.9 Å². The predicted octanol–water partition coefficient (Wildman–Crippen LogP) is 0.0317. The minimum Gasteiger partial charge on any atom is -0.294 e. The molecule has 2 bridgehead atoms. The zero-order valence-electron chi connectivity index (χ0n) is 8.22. The Labute approximate surface area is 95.6 Å². The second-order valence-corrected chi connectivity index (χ2v) is 4.60. The van der Waals surface area contributed by atoms with E-state index in [1.165, 1.54) is 17.3 Å². The molecule has 0 spiro atoms. The number of hydrogen-bond donors (Lipinski definition) is 1. The second-order valence-electron chi connectivity index (χ2n) is 3.59. The summed E-state index contributed by atoms with van der Waals surface area (Å²) in [5.41, 5.74) is 1.06. The largest absolute Gasteiger partial charge is 0.418 e. The fourth-order valence-corrected chi connectivity index (χ4v) is 2.27. The van der Waals surface area contributed by atoms with Gasteiger partial charge in [0.1, 0.15) is 11.7 Å². The van der Waals surface area contributed by atoms with Crippen molar-refractivity contribution in [3.05, 3.63) is 23.7 Å². The molecule has 0 aromatic carbocycles. The molecule has 10 heteroatoms. The third kappa shape index (κ3) is 1.53. The summed E-state index contributed by atoms with van der Waals surface area (Å²) in [7, 11) is -4.74. The van der Waals surface area contributed by atoms with Crippen LogP contribution in [0, 0.1) is 0 Å². The first-order valence-electron chi connectivity index (χ1n) is 4.56. The zero-order chi connectivity index (χ0) is 12.2. The van der Waals surface area contributed by atoms with E-state index >= 15 is 0 Å². The summed E-state index contributed by atoms with van der Waals surface area (Å²) < 4.78 is 34.2. The van der Waals surface area contributed by atoms with Gasteiger partial charge in [-0.2, -0.15) is 18.6 Å². The SMILES string of the molecule is O=C1N2C=C3N=NC=C3C(C2)N1OS(=O)(=O)O. The van der Waals surface area contributed by atoms with Gasteiger partial charge in [0.15, 0.2) is 0 Å². The van der Waals surface area contributed by atoms with E-state index in [9.17, 15) is 13.2 Å². The maximum atomic E-state index is 11.7. The van der Waals surface area contributed by atoms with Crippen molar-refractivity contribution in [3.8, 4) is 0 Å². The van der Waals surface area contributed by atoms with E-state index in [1.54, 1.807) is 0 Å². The molecular weight excluding hydrogens is 252 g/mol. The van der Waals surface area contributed by atoms with Crippen LogP contribution in [0.2, 0.25) is 0 Å². The van der Waals surface area contributed by atoms with Gasteiger partial charge in [-0.3, -0.25) is 9.45 Å². The number of nitrogens with zero attached hydrogens (tertiary/aromatic N) is 4. The van der Waals surface area contributed by atoms with E-state index in [1.807, 2.05) is 0 Å². The number of hydroxylamine groups is 2. The molecule has 3 rings (SSSR count). The van der Waals surface area contributed by atoms with Crippen molar-refractivity contribution >= 4 is 16.4 Å². The van der Waals surface area contributed by atoms with Gasteiger partial charge in [-0.25, -0.2) is 4.79 Å². The molecule has 0 aliphatic carbocycles. The highest BCUT2D eigenvalue weighted by Gasteiger charge is 2.47. The summed E-state index contributed by atoms with van der Waals surface area (Å²) in [6, 6.07) is -1.31. The molecule has 0 aromatic rings. The van der Waals surface area contributed by atoms with Crippen molar-refractivity contribution in [1.82, 2.24) is 9.96 Å². The third-order valence-electron chi connectivity index (χ3n) is 2.56. The molecule has 1 fully saturated rings. The van der Waals surface area contributed by atoms with Crippen molar-refractivity contribution in [3.63, 3.8) is 0 Å². The number of amides is 2. The van der Waals surface area contributed by atoms with Gasteiger partial charge in [0.2, 0.25) is 0 Å². The Morgan fingerprint density at radius 1 is 1.53 bits per heavy atom. The van der Waals surface area contributed by atoms with Crippen molar-refractivity contribution < 1.29 is 22.0 Å². The minimum absolute atomic E-state index is 0.231. The fourth-order valence-electron chi connectivity index (χ4n) is 1.90. The van der Waals surface area contributed by atoms with Crippen LogP contribution >= 0.6 is 0 Å². The predicted molar refractivity (Wildman–Crippen MR) is 51.4 cm³/mol. The van der Waals surface area contributed by atoms with E-state index in [2.05, 4.69) is 14.5 Å². The van der Waals surface area contributed by atoms with Crippen LogP contribution in [0.5, 0.6) is 0 Å². The quantitative estimate of drug-likeness (QED) is 0.702. The lowest BCUT2D eigenvalue weighted by atomic mass is 10.0. The smallest absolute Gasteiger partial charge is 0.294 e. The van der Waals surface area contributed by atoms with E-state index in [0.29, 0.717) is 16.3 Å². The highest BCUT2D eigenvalue weighted by Crippen LogP contribution is 2.36. The van der Waals surface area contributed by atoms with Crippen LogP contribution in [-0.2, 0) is 14.7 Å². The number of carbonyl (C=O) groups is 1. The lowest BCUT2D eigenvalue weighted by Gasteiger charge is -2.20. The third-order valence-corrected chi connectivity index (χ3v) is 2.91. The molecule has 3 heterocycles. The molecule has 0 radical (unpaired) electrons. The first-order chi connectivity index (χ1) is 7.96. The maximum Gasteiger partial charge on any atom is 0.418 e. The van der Waals surface area contributed by atoms with Crippen LogP contribution < -0.4 is 0 Å². The van der Waals surface area contributed by atoms with Crippen LogP contribution in [0.4, 0.5) is 4.79 Å². The molecule has 3 aliphatic heterocycles. The summed E-state index contributed by atoms with van der Waals surface area (Å²) in [5, 5.41) is 8.03. The number of urea groups is 1. The number of azo groups is 1. The first kappa shape index (κ1) is 10.4. The average molecular weight is 258 g/mol. The molecule has 1 unspecified atom stereocenters.